The standard InChI is InChI=1S/C31H29N5O4/c1-31(18-32)19-40-17-24-7-6-22(13-26(24)31)30(38)35-16-25-14-28-23(15-34-25)8-9-27(36-28)20-4-3-5-21(12-20)29(37)33-10-11-39-2/h3-9,12-15H,10-11,16-17,19H2,1-2H3,(H,33,37)(H,35,38)/t31-/m1/s1. The second-order valence-corrected chi connectivity index (χ2v) is 9.89. The quantitative estimate of drug-likeness (QED) is 0.328. The maximum atomic E-state index is 13.0. The summed E-state index contributed by atoms with van der Waals surface area (Å²) in [6.45, 7) is 3.63. The van der Waals surface area contributed by atoms with E-state index < -0.39 is 5.41 Å². The van der Waals surface area contributed by atoms with E-state index in [-0.39, 0.29) is 18.4 Å². The molecule has 0 spiro atoms. The van der Waals surface area contributed by atoms with E-state index >= 15 is 0 Å². The summed E-state index contributed by atoms with van der Waals surface area (Å²) in [5, 5.41) is 16.3. The first-order chi connectivity index (χ1) is 19.4. The lowest BCUT2D eigenvalue weighted by molar-refractivity contribution is 0.0757. The van der Waals surface area contributed by atoms with E-state index in [1.807, 2.05) is 43.3 Å². The number of nitrogens with zero attached hydrogens (tertiary/aromatic N) is 3. The van der Waals surface area contributed by atoms with Crippen LogP contribution < -0.4 is 10.6 Å². The molecule has 4 aromatic rings. The summed E-state index contributed by atoms with van der Waals surface area (Å²) in [6.07, 6.45) is 1.73. The lowest BCUT2D eigenvalue weighted by Crippen LogP contribution is -2.33. The van der Waals surface area contributed by atoms with Crippen LogP contribution in [0.15, 0.2) is 66.9 Å². The van der Waals surface area contributed by atoms with Crippen molar-refractivity contribution in [2.24, 2.45) is 0 Å². The zero-order valence-corrected chi connectivity index (χ0v) is 22.4. The van der Waals surface area contributed by atoms with E-state index in [2.05, 4.69) is 21.7 Å². The van der Waals surface area contributed by atoms with Gasteiger partial charge in [0.2, 0.25) is 0 Å². The van der Waals surface area contributed by atoms with E-state index in [4.69, 9.17) is 14.5 Å². The minimum absolute atomic E-state index is 0.175. The van der Waals surface area contributed by atoms with Crippen LogP contribution in [-0.4, -0.2) is 48.7 Å². The largest absolute Gasteiger partial charge is 0.383 e. The number of amides is 2. The zero-order valence-electron chi connectivity index (χ0n) is 22.4. The van der Waals surface area contributed by atoms with Crippen molar-refractivity contribution in [3.05, 3.63) is 94.8 Å². The Morgan fingerprint density at radius 3 is 2.73 bits per heavy atom. The summed E-state index contributed by atoms with van der Waals surface area (Å²) in [6, 6.07) is 20.7. The fourth-order valence-electron chi connectivity index (χ4n) is 4.67. The van der Waals surface area contributed by atoms with Gasteiger partial charge in [0, 0.05) is 41.9 Å². The highest BCUT2D eigenvalue weighted by atomic mass is 16.5. The third-order valence-corrected chi connectivity index (χ3v) is 6.93. The molecule has 2 aromatic heterocycles. The van der Waals surface area contributed by atoms with Crippen molar-refractivity contribution in [2.75, 3.05) is 26.9 Å². The van der Waals surface area contributed by atoms with E-state index in [9.17, 15) is 14.9 Å². The van der Waals surface area contributed by atoms with Crippen LogP contribution in [0.1, 0.15) is 44.5 Å². The van der Waals surface area contributed by atoms with Gasteiger partial charge in [-0.25, -0.2) is 4.98 Å². The number of ether oxygens (including phenoxy) is 2. The summed E-state index contributed by atoms with van der Waals surface area (Å²) in [5.74, 6) is -0.426. The molecule has 0 unspecified atom stereocenters. The Kier molecular flexibility index (Phi) is 7.82. The van der Waals surface area contributed by atoms with Crippen LogP contribution in [0.5, 0.6) is 0 Å². The molecule has 9 nitrogen and oxygen atoms in total. The van der Waals surface area contributed by atoms with Crippen molar-refractivity contribution in [2.45, 2.75) is 25.5 Å². The number of aromatic nitrogens is 2. The minimum atomic E-state index is -0.791. The molecule has 9 heteroatoms. The van der Waals surface area contributed by atoms with Gasteiger partial charge in [0.1, 0.15) is 5.41 Å². The molecule has 1 atom stereocenters. The number of carbonyl (C=O) groups is 2. The number of nitriles is 1. The highest BCUT2D eigenvalue weighted by Crippen LogP contribution is 2.32. The lowest BCUT2D eigenvalue weighted by Gasteiger charge is -2.30. The number of pyridine rings is 2. The molecule has 2 aromatic carbocycles. The van der Waals surface area contributed by atoms with Crippen molar-refractivity contribution in [1.82, 2.24) is 20.6 Å². The maximum Gasteiger partial charge on any atom is 0.251 e. The number of hydrogen-bond acceptors (Lipinski definition) is 7. The fourth-order valence-corrected chi connectivity index (χ4v) is 4.67. The minimum Gasteiger partial charge on any atom is -0.383 e. The topological polar surface area (TPSA) is 126 Å². The number of nitrogens with one attached hydrogen (secondary N) is 2. The molecule has 2 N–H and O–H groups in total. The molecule has 0 saturated carbocycles. The van der Waals surface area contributed by atoms with Gasteiger partial charge in [0.05, 0.1) is 49.3 Å². The van der Waals surface area contributed by atoms with Crippen LogP contribution >= 0.6 is 0 Å². The highest BCUT2D eigenvalue weighted by molar-refractivity contribution is 5.96. The smallest absolute Gasteiger partial charge is 0.251 e. The van der Waals surface area contributed by atoms with Crippen molar-refractivity contribution >= 4 is 22.7 Å². The second-order valence-electron chi connectivity index (χ2n) is 9.89. The molecule has 0 fully saturated rings. The summed E-state index contributed by atoms with van der Waals surface area (Å²) in [4.78, 5) is 34.7. The summed E-state index contributed by atoms with van der Waals surface area (Å²) >= 11 is 0. The zero-order chi connectivity index (χ0) is 28.1. The maximum absolute atomic E-state index is 13.0. The van der Waals surface area contributed by atoms with Gasteiger partial charge in [-0.3, -0.25) is 14.6 Å². The molecule has 0 bridgehead atoms. The highest BCUT2D eigenvalue weighted by Gasteiger charge is 2.33. The Morgan fingerprint density at radius 1 is 1.07 bits per heavy atom. The van der Waals surface area contributed by atoms with Gasteiger partial charge in [-0.2, -0.15) is 5.26 Å². The SMILES string of the molecule is COCCNC(=O)c1cccc(-c2ccc3cnc(CNC(=O)c4ccc5c(c4)[C@](C)(C#N)COC5)cc3n2)c1. The first-order valence-electron chi connectivity index (χ1n) is 12.9. The number of rotatable bonds is 8. The molecule has 3 heterocycles. The lowest BCUT2D eigenvalue weighted by atomic mass is 9.79. The molecule has 202 valence electrons. The van der Waals surface area contributed by atoms with Crippen LogP contribution in [-0.2, 0) is 28.0 Å². The normalized spacial score (nSPS) is 16.1. The molecule has 2 amide bonds. The molecule has 1 aliphatic rings. The number of methoxy groups -OCH3 is 1. The van der Waals surface area contributed by atoms with Crippen LogP contribution in [0.25, 0.3) is 22.2 Å². The average molecular weight is 536 g/mol. The Bertz CT molecular complexity index is 1630. The fraction of sp³-hybridized carbons (Fsp3) is 0.258. The molecular weight excluding hydrogens is 506 g/mol. The number of benzene rings is 2. The molecule has 0 aliphatic carbocycles. The third-order valence-electron chi connectivity index (χ3n) is 6.93. The van der Waals surface area contributed by atoms with Crippen molar-refractivity contribution in [3.8, 4) is 17.3 Å². The van der Waals surface area contributed by atoms with Crippen molar-refractivity contribution in [1.29, 1.82) is 5.26 Å². The van der Waals surface area contributed by atoms with Gasteiger partial charge < -0.3 is 20.1 Å². The van der Waals surface area contributed by atoms with E-state index in [0.29, 0.717) is 43.2 Å². The number of fused-ring (bicyclic) bond motifs is 2. The average Bonchev–Trinajstić information content (AvgIpc) is 2.99. The number of carbonyl (C=O) groups excluding carboxylic acids is 2. The molecular formula is C31H29N5O4. The number of hydrogen-bond donors (Lipinski definition) is 2. The van der Waals surface area contributed by atoms with Crippen LogP contribution in [0, 0.1) is 11.3 Å². The first-order valence-corrected chi connectivity index (χ1v) is 12.9. The van der Waals surface area contributed by atoms with E-state index in [1.54, 1.807) is 37.6 Å². The first kappa shape index (κ1) is 26.9. The van der Waals surface area contributed by atoms with E-state index in [0.717, 1.165) is 33.3 Å². The summed E-state index contributed by atoms with van der Waals surface area (Å²) < 4.78 is 10.5. The van der Waals surface area contributed by atoms with Gasteiger partial charge in [0.25, 0.3) is 11.8 Å². The van der Waals surface area contributed by atoms with Gasteiger partial charge >= 0.3 is 0 Å². The monoisotopic (exact) mass is 535 g/mol. The van der Waals surface area contributed by atoms with Crippen molar-refractivity contribution in [3.63, 3.8) is 0 Å². The Labute approximate surface area is 232 Å². The second kappa shape index (κ2) is 11.6. The van der Waals surface area contributed by atoms with Gasteiger partial charge in [-0.15, -0.1) is 0 Å². The molecule has 0 radical (unpaired) electrons. The Morgan fingerprint density at radius 2 is 1.90 bits per heavy atom. The Balaban J connectivity index is 1.31. The van der Waals surface area contributed by atoms with Gasteiger partial charge in [0.15, 0.2) is 0 Å². The molecule has 40 heavy (non-hydrogen) atoms. The Hall–Kier alpha value is -4.65. The van der Waals surface area contributed by atoms with E-state index in [1.165, 1.54) is 0 Å². The van der Waals surface area contributed by atoms with Crippen LogP contribution in [0.2, 0.25) is 0 Å². The predicted molar refractivity (Wildman–Crippen MR) is 149 cm³/mol. The van der Waals surface area contributed by atoms with Crippen molar-refractivity contribution < 1.29 is 19.1 Å². The molecule has 0 saturated heterocycles. The molecule has 1 aliphatic heterocycles. The third kappa shape index (κ3) is 5.69. The van der Waals surface area contributed by atoms with Gasteiger partial charge in [-0.05, 0) is 60.5 Å². The molecule has 5 rings (SSSR count). The predicted octanol–water partition coefficient (Wildman–Crippen LogP) is 3.91. The summed E-state index contributed by atoms with van der Waals surface area (Å²) in [7, 11) is 1.59. The van der Waals surface area contributed by atoms with Gasteiger partial charge in [-0.1, -0.05) is 18.2 Å². The summed E-state index contributed by atoms with van der Waals surface area (Å²) in [5.41, 5.74) is 4.89. The van der Waals surface area contributed by atoms with Crippen LogP contribution in [0.4, 0.5) is 0 Å². The van der Waals surface area contributed by atoms with Crippen LogP contribution in [0.3, 0.4) is 0 Å².